The molecule has 0 aliphatic heterocycles. The summed E-state index contributed by atoms with van der Waals surface area (Å²) in [6.45, 7) is 5.49. The molecule has 0 bridgehead atoms. The molecule has 1 aliphatic carbocycles. The summed E-state index contributed by atoms with van der Waals surface area (Å²) in [7, 11) is 0. The molecule has 1 aliphatic rings. The van der Waals surface area contributed by atoms with Gasteiger partial charge >= 0.3 is 5.97 Å². The zero-order chi connectivity index (χ0) is 14.6. The van der Waals surface area contributed by atoms with Gasteiger partial charge in [0.15, 0.2) is 0 Å². The molecule has 0 spiro atoms. The molecule has 0 heterocycles. The van der Waals surface area contributed by atoms with Crippen LogP contribution in [0.15, 0.2) is 0 Å². The van der Waals surface area contributed by atoms with Crippen LogP contribution in [0, 0.1) is 17.8 Å². The Morgan fingerprint density at radius 3 is 2.26 bits per heavy atom. The molecule has 1 rings (SSSR count). The first-order chi connectivity index (χ1) is 8.75. The minimum Gasteiger partial charge on any atom is -0.481 e. The second-order valence-corrected chi connectivity index (χ2v) is 6.04. The highest BCUT2D eigenvalue weighted by molar-refractivity contribution is 5.84. The van der Waals surface area contributed by atoms with E-state index in [1.54, 1.807) is 6.92 Å². The first-order valence-corrected chi connectivity index (χ1v) is 6.98. The molecule has 3 N–H and O–H groups in total. The Kier molecular flexibility index (Phi) is 5.35. The summed E-state index contributed by atoms with van der Waals surface area (Å²) in [6.07, 6.45) is 3.32. The number of rotatable bonds is 5. The largest absolute Gasteiger partial charge is 0.481 e. The lowest BCUT2D eigenvalue weighted by atomic mass is 9.79. The molecule has 110 valence electrons. The quantitative estimate of drug-likeness (QED) is 0.705. The van der Waals surface area contributed by atoms with E-state index in [0.717, 1.165) is 12.8 Å². The number of carbonyl (C=O) groups excluding carboxylic acids is 1. The molecule has 5 nitrogen and oxygen atoms in total. The van der Waals surface area contributed by atoms with Crippen LogP contribution >= 0.6 is 0 Å². The number of carboxylic acid groups (broad SMARTS) is 1. The predicted molar refractivity (Wildman–Crippen MR) is 71.6 cm³/mol. The van der Waals surface area contributed by atoms with Crippen LogP contribution in [-0.4, -0.2) is 34.2 Å². The average Bonchev–Trinajstić information content (AvgIpc) is 2.38. The number of carboxylic acids is 1. The van der Waals surface area contributed by atoms with Crippen LogP contribution in [0.1, 0.15) is 46.5 Å². The van der Waals surface area contributed by atoms with Crippen LogP contribution < -0.4 is 5.32 Å². The average molecular weight is 271 g/mol. The van der Waals surface area contributed by atoms with Gasteiger partial charge in [0.05, 0.1) is 11.5 Å². The van der Waals surface area contributed by atoms with Gasteiger partial charge in [-0.1, -0.05) is 20.8 Å². The van der Waals surface area contributed by atoms with E-state index in [-0.39, 0.29) is 12.5 Å². The lowest BCUT2D eigenvalue weighted by Crippen LogP contribution is -2.47. The number of hydrogen-bond donors (Lipinski definition) is 3. The van der Waals surface area contributed by atoms with E-state index in [2.05, 4.69) is 12.2 Å². The molecular weight excluding hydrogens is 246 g/mol. The molecule has 1 saturated carbocycles. The van der Waals surface area contributed by atoms with Crippen LogP contribution in [0.25, 0.3) is 0 Å². The van der Waals surface area contributed by atoms with Crippen molar-refractivity contribution in [3.8, 4) is 0 Å². The highest BCUT2D eigenvalue weighted by Crippen LogP contribution is 2.31. The third-order valence-corrected chi connectivity index (χ3v) is 4.35. The van der Waals surface area contributed by atoms with Crippen LogP contribution in [0.5, 0.6) is 0 Å². The number of hydrogen-bond acceptors (Lipinski definition) is 3. The lowest BCUT2D eigenvalue weighted by molar-refractivity contribution is -0.146. The molecule has 0 aromatic rings. The molecule has 2 unspecified atom stereocenters. The van der Waals surface area contributed by atoms with E-state index in [0.29, 0.717) is 18.8 Å². The zero-order valence-electron chi connectivity index (χ0n) is 12.0. The van der Waals surface area contributed by atoms with Gasteiger partial charge in [0.1, 0.15) is 0 Å². The topological polar surface area (TPSA) is 86.6 Å². The fraction of sp³-hybridized carbons (Fsp3) is 0.857. The number of aliphatic hydroxyl groups is 1. The molecule has 19 heavy (non-hydrogen) atoms. The summed E-state index contributed by atoms with van der Waals surface area (Å²) in [6, 6.07) is 0. The normalized spacial score (nSPS) is 30.4. The molecule has 0 aromatic carbocycles. The monoisotopic (exact) mass is 271 g/mol. The first-order valence-electron chi connectivity index (χ1n) is 6.98. The number of carbonyl (C=O) groups is 2. The van der Waals surface area contributed by atoms with Gasteiger partial charge in [0, 0.05) is 12.5 Å². The Bertz CT molecular complexity index is 334. The summed E-state index contributed by atoms with van der Waals surface area (Å²) in [5, 5.41) is 21.9. The third kappa shape index (κ3) is 4.49. The van der Waals surface area contributed by atoms with Crippen molar-refractivity contribution in [3.63, 3.8) is 0 Å². The van der Waals surface area contributed by atoms with E-state index < -0.39 is 23.4 Å². The van der Waals surface area contributed by atoms with Crippen LogP contribution in [0.4, 0.5) is 0 Å². The maximum Gasteiger partial charge on any atom is 0.307 e. The third-order valence-electron chi connectivity index (χ3n) is 4.35. The summed E-state index contributed by atoms with van der Waals surface area (Å²) in [5.41, 5.74) is -0.825. The first kappa shape index (κ1) is 16.0. The van der Waals surface area contributed by atoms with Crippen molar-refractivity contribution in [1.82, 2.24) is 5.32 Å². The Morgan fingerprint density at radius 2 is 1.79 bits per heavy atom. The predicted octanol–water partition coefficient (Wildman–Crippen LogP) is 1.40. The van der Waals surface area contributed by atoms with Crippen molar-refractivity contribution in [2.45, 2.75) is 52.1 Å². The summed E-state index contributed by atoms with van der Waals surface area (Å²) in [4.78, 5) is 22.7. The van der Waals surface area contributed by atoms with Crippen molar-refractivity contribution in [1.29, 1.82) is 0 Å². The molecular formula is C14H25NO4. The highest BCUT2D eigenvalue weighted by Gasteiger charge is 2.33. The number of amides is 1. The molecule has 0 aromatic heterocycles. The second kappa shape index (κ2) is 6.37. The molecule has 5 heteroatoms. The number of nitrogens with one attached hydrogen (secondary N) is 1. The second-order valence-electron chi connectivity index (χ2n) is 6.04. The minimum atomic E-state index is -0.979. The van der Waals surface area contributed by atoms with Crippen molar-refractivity contribution in [2.24, 2.45) is 17.8 Å². The van der Waals surface area contributed by atoms with Gasteiger partial charge in [0.25, 0.3) is 0 Å². The minimum absolute atomic E-state index is 0.217. The van der Waals surface area contributed by atoms with Crippen molar-refractivity contribution < 1.29 is 19.8 Å². The maximum absolute atomic E-state index is 11.9. The Balaban J connectivity index is 2.43. The Labute approximate surface area is 114 Å². The SMILES string of the molecule is CC1CCC(O)(CNC(=O)C(C)C(C)C(=O)O)CC1. The van der Waals surface area contributed by atoms with Crippen LogP contribution in [-0.2, 0) is 9.59 Å². The van der Waals surface area contributed by atoms with Crippen LogP contribution in [0.2, 0.25) is 0 Å². The zero-order valence-corrected chi connectivity index (χ0v) is 12.0. The summed E-state index contributed by atoms with van der Waals surface area (Å²) >= 11 is 0. The van der Waals surface area contributed by atoms with E-state index in [1.807, 2.05) is 0 Å². The maximum atomic E-state index is 11.9. The Hall–Kier alpha value is -1.10. The van der Waals surface area contributed by atoms with Crippen molar-refractivity contribution in [2.75, 3.05) is 6.54 Å². The van der Waals surface area contributed by atoms with Gasteiger partial charge in [-0.05, 0) is 31.6 Å². The fourth-order valence-electron chi connectivity index (χ4n) is 2.33. The van der Waals surface area contributed by atoms with Gasteiger partial charge in [-0.3, -0.25) is 9.59 Å². The van der Waals surface area contributed by atoms with E-state index >= 15 is 0 Å². The Morgan fingerprint density at radius 1 is 1.26 bits per heavy atom. The number of aliphatic carboxylic acids is 1. The van der Waals surface area contributed by atoms with E-state index in [4.69, 9.17) is 5.11 Å². The van der Waals surface area contributed by atoms with Crippen molar-refractivity contribution in [3.05, 3.63) is 0 Å². The van der Waals surface area contributed by atoms with Gasteiger partial charge in [-0.25, -0.2) is 0 Å². The van der Waals surface area contributed by atoms with Crippen molar-refractivity contribution >= 4 is 11.9 Å². The standard InChI is InChI=1S/C14H25NO4/c1-9-4-6-14(19,7-5-9)8-15-12(16)10(2)11(3)13(17)18/h9-11,19H,4-8H2,1-3H3,(H,15,16)(H,17,18). The summed E-state index contributed by atoms with van der Waals surface area (Å²) in [5.74, 6) is -1.97. The fourth-order valence-corrected chi connectivity index (χ4v) is 2.33. The molecule has 0 radical (unpaired) electrons. The molecule has 2 atom stereocenters. The van der Waals surface area contributed by atoms with Crippen LogP contribution in [0.3, 0.4) is 0 Å². The van der Waals surface area contributed by atoms with Gasteiger partial charge in [-0.2, -0.15) is 0 Å². The van der Waals surface area contributed by atoms with Gasteiger partial charge in [-0.15, -0.1) is 0 Å². The smallest absolute Gasteiger partial charge is 0.307 e. The molecule has 1 fully saturated rings. The molecule has 1 amide bonds. The van der Waals surface area contributed by atoms with Gasteiger partial charge in [0.2, 0.25) is 5.91 Å². The van der Waals surface area contributed by atoms with Gasteiger partial charge < -0.3 is 15.5 Å². The van der Waals surface area contributed by atoms with E-state index in [1.165, 1.54) is 6.92 Å². The lowest BCUT2D eigenvalue weighted by Gasteiger charge is -2.35. The highest BCUT2D eigenvalue weighted by atomic mass is 16.4. The molecule has 0 saturated heterocycles. The summed E-state index contributed by atoms with van der Waals surface area (Å²) < 4.78 is 0. The van der Waals surface area contributed by atoms with E-state index in [9.17, 15) is 14.7 Å².